The average Bonchev–Trinajstić information content (AvgIpc) is 2.76. The van der Waals surface area contributed by atoms with Gasteiger partial charge in [-0.25, -0.2) is 0 Å². The maximum atomic E-state index is 3.49. The molecule has 0 atom stereocenters. The smallest absolute Gasteiger partial charge is 0.00772 e. The second-order valence-electron chi connectivity index (χ2n) is 7.71. The lowest BCUT2D eigenvalue weighted by atomic mass is 10.4. The Hall–Kier alpha value is -0.320. The molecule has 8 nitrogen and oxygen atoms in total. The van der Waals surface area contributed by atoms with Crippen LogP contribution in [-0.4, -0.2) is 105 Å². The van der Waals surface area contributed by atoms with Gasteiger partial charge >= 0.3 is 0 Å². The van der Waals surface area contributed by atoms with Crippen LogP contribution in [0.1, 0.15) is 39.5 Å². The Morgan fingerprint density at radius 3 is 0.700 bits per heavy atom. The summed E-state index contributed by atoms with van der Waals surface area (Å²) in [4.78, 5) is 0. The van der Waals surface area contributed by atoms with Gasteiger partial charge in [0.1, 0.15) is 0 Å². The van der Waals surface area contributed by atoms with E-state index in [0.717, 1.165) is 105 Å². The molecule has 0 aromatic rings. The lowest BCUT2D eigenvalue weighted by Gasteiger charge is -2.09. The van der Waals surface area contributed by atoms with E-state index in [1.165, 1.54) is 25.7 Å². The first-order valence-electron chi connectivity index (χ1n) is 12.6. The highest BCUT2D eigenvalue weighted by Crippen LogP contribution is 1.75. The lowest BCUT2D eigenvalue weighted by molar-refractivity contribution is 0.542. The summed E-state index contributed by atoms with van der Waals surface area (Å²) in [6.07, 6.45) is 4.80. The molecule has 0 bridgehead atoms. The van der Waals surface area contributed by atoms with Crippen LogP contribution in [0.2, 0.25) is 0 Å². The van der Waals surface area contributed by atoms with Crippen LogP contribution in [0, 0.1) is 0 Å². The molecule has 0 unspecified atom stereocenters. The topological polar surface area (TPSA) is 96.2 Å². The minimum Gasteiger partial charge on any atom is -0.315 e. The summed E-state index contributed by atoms with van der Waals surface area (Å²) in [5, 5.41) is 27.7. The molecule has 0 heterocycles. The van der Waals surface area contributed by atoms with E-state index in [0.29, 0.717) is 0 Å². The fourth-order valence-corrected chi connectivity index (χ4v) is 2.91. The van der Waals surface area contributed by atoms with Crippen LogP contribution in [0.5, 0.6) is 0 Å². The molecule has 0 radical (unpaired) electrons. The van der Waals surface area contributed by atoms with Gasteiger partial charge in [-0.3, -0.25) is 0 Å². The van der Waals surface area contributed by atoms with E-state index < -0.39 is 0 Å². The van der Waals surface area contributed by atoms with E-state index in [4.69, 9.17) is 0 Å². The molecule has 0 saturated heterocycles. The maximum Gasteiger partial charge on any atom is 0.00772 e. The zero-order valence-electron chi connectivity index (χ0n) is 20.1. The van der Waals surface area contributed by atoms with Gasteiger partial charge in [-0.15, -0.1) is 0 Å². The highest BCUT2D eigenvalue weighted by atomic mass is 15.0. The molecule has 0 aromatic heterocycles. The predicted molar refractivity (Wildman–Crippen MR) is 133 cm³/mol. The van der Waals surface area contributed by atoms with E-state index in [-0.39, 0.29) is 0 Å². The SMILES string of the molecule is CCCNCCNCCCNCCNCCNCCNCCCNCCNCCC. The molecule has 8 heteroatoms. The van der Waals surface area contributed by atoms with E-state index in [2.05, 4.69) is 56.4 Å². The van der Waals surface area contributed by atoms with Crippen LogP contribution in [0.3, 0.4) is 0 Å². The quantitative estimate of drug-likeness (QED) is 0.0811. The summed E-state index contributed by atoms with van der Waals surface area (Å²) in [6.45, 7) is 21.5. The average molecular weight is 431 g/mol. The standard InChI is InChI=1S/C22H54N8/c1-3-7-23-13-15-25-9-5-11-27-17-19-29-21-22-30-20-18-28-12-6-10-26-16-14-24-8-4-2/h23-30H,3-22H2,1-2H3. The van der Waals surface area contributed by atoms with Crippen LogP contribution >= 0.6 is 0 Å². The molecule has 8 N–H and O–H groups in total. The maximum absolute atomic E-state index is 3.49. The summed E-state index contributed by atoms with van der Waals surface area (Å²) in [5.41, 5.74) is 0. The van der Waals surface area contributed by atoms with Crippen molar-refractivity contribution in [1.82, 2.24) is 42.5 Å². The van der Waals surface area contributed by atoms with Crippen molar-refractivity contribution in [2.45, 2.75) is 39.5 Å². The van der Waals surface area contributed by atoms with Crippen molar-refractivity contribution >= 4 is 0 Å². The third kappa shape index (κ3) is 27.7. The van der Waals surface area contributed by atoms with Gasteiger partial charge in [-0.2, -0.15) is 0 Å². The third-order valence-corrected chi connectivity index (χ3v) is 4.66. The van der Waals surface area contributed by atoms with Crippen LogP contribution in [-0.2, 0) is 0 Å². The van der Waals surface area contributed by atoms with E-state index in [1.54, 1.807) is 0 Å². The minimum atomic E-state index is 1.03. The van der Waals surface area contributed by atoms with Gasteiger partial charge in [0.25, 0.3) is 0 Å². The van der Waals surface area contributed by atoms with Gasteiger partial charge < -0.3 is 42.5 Å². The Bertz CT molecular complexity index is 266. The molecule has 0 spiro atoms. The largest absolute Gasteiger partial charge is 0.315 e. The Balaban J connectivity index is 2.97. The second-order valence-corrected chi connectivity index (χ2v) is 7.71. The van der Waals surface area contributed by atoms with E-state index >= 15 is 0 Å². The van der Waals surface area contributed by atoms with E-state index in [9.17, 15) is 0 Å². The van der Waals surface area contributed by atoms with Gasteiger partial charge in [0.05, 0.1) is 0 Å². The van der Waals surface area contributed by atoms with E-state index in [1.807, 2.05) is 0 Å². The van der Waals surface area contributed by atoms with Crippen LogP contribution in [0.25, 0.3) is 0 Å². The zero-order chi connectivity index (χ0) is 21.8. The molecule has 0 amide bonds. The lowest BCUT2D eigenvalue weighted by Crippen LogP contribution is -2.36. The summed E-state index contributed by atoms with van der Waals surface area (Å²) in [7, 11) is 0. The van der Waals surface area contributed by atoms with Gasteiger partial charge in [0, 0.05) is 65.4 Å². The number of rotatable bonds is 27. The Morgan fingerprint density at radius 1 is 0.267 bits per heavy atom. The Labute approximate surface area is 187 Å². The van der Waals surface area contributed by atoms with Crippen LogP contribution < -0.4 is 42.5 Å². The van der Waals surface area contributed by atoms with Gasteiger partial charge in [-0.05, 0) is 65.0 Å². The summed E-state index contributed by atoms with van der Waals surface area (Å²) >= 11 is 0. The first-order valence-corrected chi connectivity index (χ1v) is 12.6. The molecule has 0 aliphatic carbocycles. The zero-order valence-corrected chi connectivity index (χ0v) is 20.1. The highest BCUT2D eigenvalue weighted by molar-refractivity contribution is 4.59. The molecule has 0 aliphatic rings. The van der Waals surface area contributed by atoms with Gasteiger partial charge in [0.15, 0.2) is 0 Å². The Morgan fingerprint density at radius 2 is 0.467 bits per heavy atom. The molecular weight excluding hydrogens is 376 g/mol. The molecule has 0 saturated carbocycles. The summed E-state index contributed by atoms with van der Waals surface area (Å²) in [6, 6.07) is 0. The second kappa shape index (κ2) is 28.7. The van der Waals surface area contributed by atoms with Crippen molar-refractivity contribution in [3.63, 3.8) is 0 Å². The normalized spacial score (nSPS) is 11.4. The van der Waals surface area contributed by atoms with Crippen molar-refractivity contribution in [2.24, 2.45) is 0 Å². The van der Waals surface area contributed by atoms with Gasteiger partial charge in [0.2, 0.25) is 0 Å². The van der Waals surface area contributed by atoms with Gasteiger partial charge in [-0.1, -0.05) is 13.8 Å². The highest BCUT2D eigenvalue weighted by Gasteiger charge is 1.92. The molecular formula is C22H54N8. The van der Waals surface area contributed by atoms with Crippen LogP contribution in [0.4, 0.5) is 0 Å². The number of hydrogen-bond donors (Lipinski definition) is 8. The molecule has 0 rings (SSSR count). The number of hydrogen-bond acceptors (Lipinski definition) is 8. The van der Waals surface area contributed by atoms with Crippen molar-refractivity contribution < 1.29 is 0 Å². The van der Waals surface area contributed by atoms with Crippen LogP contribution in [0.15, 0.2) is 0 Å². The monoisotopic (exact) mass is 430 g/mol. The minimum absolute atomic E-state index is 1.03. The first-order chi connectivity index (χ1) is 14.9. The van der Waals surface area contributed by atoms with Crippen molar-refractivity contribution in [3.8, 4) is 0 Å². The fraction of sp³-hybridized carbons (Fsp3) is 1.00. The molecule has 30 heavy (non-hydrogen) atoms. The molecule has 0 aromatic carbocycles. The molecule has 182 valence electrons. The molecule has 0 aliphatic heterocycles. The summed E-state index contributed by atoms with van der Waals surface area (Å²) in [5.74, 6) is 0. The molecule has 0 fully saturated rings. The van der Waals surface area contributed by atoms with Crippen molar-refractivity contribution in [3.05, 3.63) is 0 Å². The summed E-state index contributed by atoms with van der Waals surface area (Å²) < 4.78 is 0. The third-order valence-electron chi connectivity index (χ3n) is 4.66. The number of nitrogens with one attached hydrogen (secondary N) is 8. The fourth-order valence-electron chi connectivity index (χ4n) is 2.91. The van der Waals surface area contributed by atoms with Crippen molar-refractivity contribution in [1.29, 1.82) is 0 Å². The predicted octanol–water partition coefficient (Wildman–Crippen LogP) is -0.697. The first kappa shape index (κ1) is 29.7. The van der Waals surface area contributed by atoms with Crippen molar-refractivity contribution in [2.75, 3.05) is 105 Å². The Kier molecular flexibility index (Phi) is 28.4.